The average Bonchev–Trinajstić information content (AvgIpc) is 2.35. The Hall–Kier alpha value is -0.970. The van der Waals surface area contributed by atoms with E-state index in [2.05, 4.69) is 23.0 Å². The maximum atomic E-state index is 11.1. The van der Waals surface area contributed by atoms with Gasteiger partial charge in [-0.05, 0) is 6.92 Å². The van der Waals surface area contributed by atoms with Crippen LogP contribution in [0.25, 0.3) is 0 Å². The maximum absolute atomic E-state index is 11.1. The first-order valence-corrected chi connectivity index (χ1v) is 4.10. The number of nitrogens with one attached hydrogen (secondary N) is 1. The van der Waals surface area contributed by atoms with Crippen LogP contribution in [-0.2, 0) is 11.8 Å². The van der Waals surface area contributed by atoms with Crippen molar-refractivity contribution >= 4 is 24.4 Å². The molecule has 1 atom stereocenters. The van der Waals surface area contributed by atoms with Crippen LogP contribution in [0.3, 0.4) is 0 Å². The standard InChI is InChI=1S/C7H11N3OS/c1-5(12)7(11)8-6-3-4-10(2)9-6/h3-5,12H,1-2H3,(H,8,9,11). The van der Waals surface area contributed by atoms with Gasteiger partial charge in [0.1, 0.15) is 0 Å². The summed E-state index contributed by atoms with van der Waals surface area (Å²) in [6, 6.07) is 1.73. The Morgan fingerprint density at radius 1 is 1.83 bits per heavy atom. The van der Waals surface area contributed by atoms with E-state index in [1.54, 1.807) is 30.9 Å². The molecule has 1 N–H and O–H groups in total. The van der Waals surface area contributed by atoms with E-state index in [-0.39, 0.29) is 11.2 Å². The predicted molar refractivity (Wildman–Crippen MR) is 50.3 cm³/mol. The number of aromatic nitrogens is 2. The zero-order valence-electron chi connectivity index (χ0n) is 6.98. The van der Waals surface area contributed by atoms with Gasteiger partial charge in [-0.1, -0.05) is 0 Å². The molecule has 5 heteroatoms. The molecule has 66 valence electrons. The summed E-state index contributed by atoms with van der Waals surface area (Å²) < 4.78 is 1.62. The van der Waals surface area contributed by atoms with Crippen LogP contribution in [0.15, 0.2) is 12.3 Å². The first-order valence-electron chi connectivity index (χ1n) is 3.58. The molecule has 0 aliphatic carbocycles. The Morgan fingerprint density at radius 2 is 2.50 bits per heavy atom. The molecule has 0 radical (unpaired) electrons. The Morgan fingerprint density at radius 3 is 2.92 bits per heavy atom. The third-order valence-electron chi connectivity index (χ3n) is 1.34. The highest BCUT2D eigenvalue weighted by Crippen LogP contribution is 2.03. The summed E-state index contributed by atoms with van der Waals surface area (Å²) in [4.78, 5) is 11.1. The van der Waals surface area contributed by atoms with Crippen LogP contribution in [-0.4, -0.2) is 20.9 Å². The van der Waals surface area contributed by atoms with E-state index in [0.29, 0.717) is 5.82 Å². The summed E-state index contributed by atoms with van der Waals surface area (Å²) >= 11 is 3.98. The molecule has 1 rings (SSSR count). The van der Waals surface area contributed by atoms with Crippen molar-refractivity contribution in [3.05, 3.63) is 12.3 Å². The third-order valence-corrected chi connectivity index (χ3v) is 1.58. The van der Waals surface area contributed by atoms with Crippen molar-refractivity contribution in [3.63, 3.8) is 0 Å². The van der Waals surface area contributed by atoms with Gasteiger partial charge in [0, 0.05) is 19.3 Å². The molecule has 4 nitrogen and oxygen atoms in total. The first-order chi connectivity index (χ1) is 5.59. The molecule has 0 aliphatic heterocycles. The van der Waals surface area contributed by atoms with E-state index in [0.717, 1.165) is 0 Å². The summed E-state index contributed by atoms with van der Waals surface area (Å²) in [6.45, 7) is 1.71. The van der Waals surface area contributed by atoms with Crippen molar-refractivity contribution in [2.24, 2.45) is 7.05 Å². The molecule has 0 fully saturated rings. The molecule has 1 aromatic heterocycles. The van der Waals surface area contributed by atoms with Gasteiger partial charge in [0.05, 0.1) is 5.25 Å². The van der Waals surface area contributed by atoms with Gasteiger partial charge < -0.3 is 5.32 Å². The van der Waals surface area contributed by atoms with Gasteiger partial charge >= 0.3 is 0 Å². The molecule has 1 amide bonds. The van der Waals surface area contributed by atoms with E-state index in [1.807, 2.05) is 0 Å². The third kappa shape index (κ3) is 2.27. The summed E-state index contributed by atoms with van der Waals surface area (Å²) in [5.41, 5.74) is 0. The number of rotatable bonds is 2. The van der Waals surface area contributed by atoms with Gasteiger partial charge in [-0.2, -0.15) is 17.7 Å². The second-order valence-electron chi connectivity index (χ2n) is 2.54. The highest BCUT2D eigenvalue weighted by Gasteiger charge is 2.08. The molecule has 0 saturated carbocycles. The van der Waals surface area contributed by atoms with Crippen LogP contribution >= 0.6 is 12.6 Å². The van der Waals surface area contributed by atoms with E-state index >= 15 is 0 Å². The number of hydrogen-bond acceptors (Lipinski definition) is 3. The van der Waals surface area contributed by atoms with Crippen molar-refractivity contribution in [2.75, 3.05) is 5.32 Å². The molecule has 0 aromatic carbocycles. The second kappa shape index (κ2) is 3.62. The quantitative estimate of drug-likeness (QED) is 0.665. The van der Waals surface area contributed by atoms with Gasteiger partial charge in [0.25, 0.3) is 0 Å². The smallest absolute Gasteiger partial charge is 0.238 e. The van der Waals surface area contributed by atoms with Gasteiger partial charge in [-0.3, -0.25) is 9.48 Å². The van der Waals surface area contributed by atoms with Crippen molar-refractivity contribution in [3.8, 4) is 0 Å². The lowest BCUT2D eigenvalue weighted by atomic mass is 10.4. The van der Waals surface area contributed by atoms with Gasteiger partial charge in [0.15, 0.2) is 5.82 Å². The number of hydrogen-bond donors (Lipinski definition) is 2. The number of aryl methyl sites for hydroxylation is 1. The topological polar surface area (TPSA) is 46.9 Å². The minimum absolute atomic E-state index is 0.142. The largest absolute Gasteiger partial charge is 0.308 e. The minimum Gasteiger partial charge on any atom is -0.308 e. The van der Waals surface area contributed by atoms with Crippen molar-refractivity contribution in [1.29, 1.82) is 0 Å². The molecule has 12 heavy (non-hydrogen) atoms. The molecule has 1 unspecified atom stereocenters. The number of thiol groups is 1. The average molecular weight is 185 g/mol. The van der Waals surface area contributed by atoms with Gasteiger partial charge in [-0.15, -0.1) is 0 Å². The van der Waals surface area contributed by atoms with Crippen molar-refractivity contribution < 1.29 is 4.79 Å². The molecule has 0 spiro atoms. The van der Waals surface area contributed by atoms with Crippen LogP contribution in [0.1, 0.15) is 6.92 Å². The predicted octanol–water partition coefficient (Wildman–Crippen LogP) is 0.677. The maximum Gasteiger partial charge on any atom is 0.238 e. The summed E-state index contributed by atoms with van der Waals surface area (Å²) in [6.07, 6.45) is 1.76. The van der Waals surface area contributed by atoms with Crippen LogP contribution in [0.2, 0.25) is 0 Å². The lowest BCUT2D eigenvalue weighted by molar-refractivity contribution is -0.115. The SMILES string of the molecule is CC(S)C(=O)Nc1ccn(C)n1. The molecule has 0 bridgehead atoms. The number of carbonyl (C=O) groups excluding carboxylic acids is 1. The van der Waals surface area contributed by atoms with Gasteiger partial charge in [-0.25, -0.2) is 0 Å². The fourth-order valence-corrected chi connectivity index (χ4v) is 0.777. The summed E-state index contributed by atoms with van der Waals surface area (Å²) in [5.74, 6) is 0.417. The van der Waals surface area contributed by atoms with E-state index in [9.17, 15) is 4.79 Å². The second-order valence-corrected chi connectivity index (χ2v) is 3.31. The van der Waals surface area contributed by atoms with E-state index < -0.39 is 0 Å². The number of nitrogens with zero attached hydrogens (tertiary/aromatic N) is 2. The molecule has 0 saturated heterocycles. The zero-order valence-corrected chi connectivity index (χ0v) is 7.88. The van der Waals surface area contributed by atoms with Crippen molar-refractivity contribution in [2.45, 2.75) is 12.2 Å². The lowest BCUT2D eigenvalue weighted by Gasteiger charge is -2.02. The van der Waals surface area contributed by atoms with Crippen LogP contribution < -0.4 is 5.32 Å². The normalized spacial score (nSPS) is 12.6. The first kappa shape index (κ1) is 9.12. The number of anilines is 1. The zero-order chi connectivity index (χ0) is 9.14. The Bertz CT molecular complexity index is 282. The minimum atomic E-state index is -0.313. The fraction of sp³-hybridized carbons (Fsp3) is 0.429. The molecular formula is C7H11N3OS. The van der Waals surface area contributed by atoms with Crippen LogP contribution in [0.4, 0.5) is 5.82 Å². The molecule has 0 aliphatic rings. The highest BCUT2D eigenvalue weighted by atomic mass is 32.1. The fourth-order valence-electron chi connectivity index (χ4n) is 0.712. The number of amides is 1. The molecule has 1 heterocycles. The number of carbonyl (C=O) groups is 1. The van der Waals surface area contributed by atoms with Crippen molar-refractivity contribution in [1.82, 2.24) is 9.78 Å². The summed E-state index contributed by atoms with van der Waals surface area (Å²) in [5, 5.41) is 6.29. The Kier molecular flexibility index (Phi) is 2.75. The van der Waals surface area contributed by atoms with Crippen LogP contribution in [0.5, 0.6) is 0 Å². The van der Waals surface area contributed by atoms with Crippen LogP contribution in [0, 0.1) is 0 Å². The Labute approximate surface area is 76.4 Å². The Balaban J connectivity index is 2.58. The van der Waals surface area contributed by atoms with E-state index in [1.165, 1.54) is 0 Å². The highest BCUT2D eigenvalue weighted by molar-refractivity contribution is 7.81. The monoisotopic (exact) mass is 185 g/mol. The molecule has 1 aromatic rings. The summed E-state index contributed by atoms with van der Waals surface area (Å²) in [7, 11) is 1.79. The lowest BCUT2D eigenvalue weighted by Crippen LogP contribution is -2.20. The van der Waals surface area contributed by atoms with Gasteiger partial charge in [0.2, 0.25) is 5.91 Å². The van der Waals surface area contributed by atoms with E-state index in [4.69, 9.17) is 0 Å². The molecular weight excluding hydrogens is 174 g/mol.